The van der Waals surface area contributed by atoms with Gasteiger partial charge >= 0.3 is 5.97 Å². The molecule has 1 aromatic heterocycles. The van der Waals surface area contributed by atoms with Crippen LogP contribution in [0.15, 0.2) is 24.4 Å². The van der Waals surface area contributed by atoms with Crippen molar-refractivity contribution in [2.45, 2.75) is 20.4 Å². The number of hydrogen-bond donors (Lipinski definition) is 0. The van der Waals surface area contributed by atoms with Crippen LogP contribution >= 0.6 is 11.6 Å². The second-order valence-corrected chi connectivity index (χ2v) is 7.91. The summed E-state index contributed by atoms with van der Waals surface area (Å²) in [6.07, 6.45) is 1.34. The molecule has 0 N–H and O–H groups in total. The summed E-state index contributed by atoms with van der Waals surface area (Å²) in [5, 5.41) is 0.266. The number of aromatic nitrogens is 1. The molecule has 2 heterocycles. The van der Waals surface area contributed by atoms with Gasteiger partial charge in [0.1, 0.15) is 11.4 Å². The highest BCUT2D eigenvalue weighted by molar-refractivity contribution is 6.30. The number of amides is 1. The van der Waals surface area contributed by atoms with Crippen molar-refractivity contribution in [2.75, 3.05) is 39.9 Å². The average molecular weight is 450 g/mol. The lowest BCUT2D eigenvalue weighted by Crippen LogP contribution is -2.49. The van der Waals surface area contributed by atoms with Crippen LogP contribution in [-0.4, -0.2) is 66.6 Å². The predicted octanol–water partition coefficient (Wildman–Crippen LogP) is 3.00. The molecule has 1 saturated heterocycles. The van der Waals surface area contributed by atoms with Crippen molar-refractivity contribution >= 4 is 23.5 Å². The van der Waals surface area contributed by atoms with Gasteiger partial charge in [0.2, 0.25) is 5.88 Å². The van der Waals surface area contributed by atoms with Crippen LogP contribution in [0, 0.1) is 19.7 Å². The Morgan fingerprint density at radius 2 is 1.84 bits per heavy atom. The van der Waals surface area contributed by atoms with Gasteiger partial charge in [-0.05, 0) is 42.7 Å². The van der Waals surface area contributed by atoms with Gasteiger partial charge in [0.25, 0.3) is 5.91 Å². The van der Waals surface area contributed by atoms with Crippen molar-refractivity contribution in [2.24, 2.45) is 0 Å². The van der Waals surface area contributed by atoms with Crippen molar-refractivity contribution < 1.29 is 23.5 Å². The van der Waals surface area contributed by atoms with E-state index in [1.165, 1.54) is 19.4 Å². The molecule has 0 atom stereocenters. The number of pyridine rings is 1. The zero-order chi connectivity index (χ0) is 22.5. The lowest BCUT2D eigenvalue weighted by molar-refractivity contribution is -0.135. The van der Waals surface area contributed by atoms with Gasteiger partial charge in [0.05, 0.1) is 12.1 Å². The zero-order valence-electron chi connectivity index (χ0n) is 17.8. The van der Waals surface area contributed by atoms with Crippen LogP contribution < -0.4 is 4.74 Å². The van der Waals surface area contributed by atoms with Crippen LogP contribution in [0.4, 0.5) is 4.39 Å². The second kappa shape index (κ2) is 10.1. The Kier molecular flexibility index (Phi) is 7.46. The first-order valence-electron chi connectivity index (χ1n) is 9.91. The summed E-state index contributed by atoms with van der Waals surface area (Å²) in [6.45, 7) is 6.65. The molecule has 31 heavy (non-hydrogen) atoms. The zero-order valence-corrected chi connectivity index (χ0v) is 18.5. The van der Waals surface area contributed by atoms with Gasteiger partial charge < -0.3 is 14.4 Å². The lowest BCUT2D eigenvalue weighted by atomic mass is 10.0. The molecule has 0 unspecified atom stereocenters. The largest absolute Gasteiger partial charge is 0.467 e. The third kappa shape index (κ3) is 5.71. The molecule has 166 valence electrons. The van der Waals surface area contributed by atoms with Crippen molar-refractivity contribution in [3.05, 3.63) is 57.5 Å². The summed E-state index contributed by atoms with van der Waals surface area (Å²) in [6, 6.07) is 4.83. The summed E-state index contributed by atoms with van der Waals surface area (Å²) >= 11 is 5.88. The fourth-order valence-corrected chi connectivity index (χ4v) is 3.58. The van der Waals surface area contributed by atoms with Crippen LogP contribution in [0.25, 0.3) is 0 Å². The number of halogens is 2. The molecule has 1 aliphatic rings. The van der Waals surface area contributed by atoms with Crippen molar-refractivity contribution in [1.29, 1.82) is 0 Å². The second-order valence-electron chi connectivity index (χ2n) is 7.47. The first-order chi connectivity index (χ1) is 14.8. The molecule has 0 saturated carbocycles. The first kappa shape index (κ1) is 23.0. The Morgan fingerprint density at radius 1 is 1.13 bits per heavy atom. The van der Waals surface area contributed by atoms with Crippen molar-refractivity contribution in [3.63, 3.8) is 0 Å². The number of rotatable bonds is 6. The maximum Gasteiger partial charge on any atom is 0.343 e. The minimum absolute atomic E-state index is 0.00499. The Bertz CT molecular complexity index is 977. The Hall–Kier alpha value is -2.71. The van der Waals surface area contributed by atoms with Crippen molar-refractivity contribution in [1.82, 2.24) is 14.8 Å². The van der Waals surface area contributed by atoms with E-state index in [4.69, 9.17) is 21.1 Å². The van der Waals surface area contributed by atoms with E-state index < -0.39 is 5.97 Å². The number of hydrogen-bond acceptors (Lipinski definition) is 6. The van der Waals surface area contributed by atoms with Gasteiger partial charge in [-0.25, -0.2) is 14.2 Å². The maximum atomic E-state index is 13.7. The third-order valence-corrected chi connectivity index (χ3v) is 5.50. The summed E-state index contributed by atoms with van der Waals surface area (Å²) in [7, 11) is 1.24. The maximum absolute atomic E-state index is 13.7. The molecular weight excluding hydrogens is 425 g/mol. The molecule has 1 fully saturated rings. The fourth-order valence-electron chi connectivity index (χ4n) is 3.43. The number of ether oxygens (including phenoxy) is 2. The summed E-state index contributed by atoms with van der Waals surface area (Å²) in [4.78, 5) is 32.4. The van der Waals surface area contributed by atoms with Crippen LogP contribution in [0.3, 0.4) is 0 Å². The van der Waals surface area contributed by atoms with E-state index in [2.05, 4.69) is 9.88 Å². The van der Waals surface area contributed by atoms with Gasteiger partial charge in [-0.1, -0.05) is 17.7 Å². The standard InChI is InChI=1S/C22H25ClFN3O4/c1-14-9-19(24)15(2)8-16(14)12-26-4-6-27(7-5-26)20(28)13-31-21-18(22(29)30-3)10-17(23)11-25-21/h8-11H,4-7,12-13H2,1-3H3. The molecule has 1 aromatic carbocycles. The van der Waals surface area contributed by atoms with E-state index >= 15 is 0 Å². The molecule has 0 bridgehead atoms. The molecule has 1 aliphatic heterocycles. The first-order valence-corrected chi connectivity index (χ1v) is 10.3. The molecule has 0 aliphatic carbocycles. The van der Waals surface area contributed by atoms with E-state index in [1.54, 1.807) is 17.9 Å². The van der Waals surface area contributed by atoms with Gasteiger partial charge in [-0.2, -0.15) is 0 Å². The van der Waals surface area contributed by atoms with E-state index in [9.17, 15) is 14.0 Å². The van der Waals surface area contributed by atoms with Crippen LogP contribution in [0.1, 0.15) is 27.0 Å². The molecular formula is C22H25ClFN3O4. The van der Waals surface area contributed by atoms with Crippen LogP contribution in [0.2, 0.25) is 5.02 Å². The monoisotopic (exact) mass is 449 g/mol. The van der Waals surface area contributed by atoms with Crippen molar-refractivity contribution in [3.8, 4) is 5.88 Å². The highest BCUT2D eigenvalue weighted by Crippen LogP contribution is 2.21. The Balaban J connectivity index is 1.53. The number of esters is 1. The van der Waals surface area contributed by atoms with Gasteiger partial charge in [0.15, 0.2) is 6.61 Å². The molecule has 3 rings (SSSR count). The number of aryl methyl sites for hydroxylation is 2. The number of carbonyl (C=O) groups excluding carboxylic acids is 2. The number of methoxy groups -OCH3 is 1. The molecule has 0 spiro atoms. The lowest BCUT2D eigenvalue weighted by Gasteiger charge is -2.35. The fraction of sp³-hybridized carbons (Fsp3) is 0.409. The number of nitrogens with zero attached hydrogens (tertiary/aromatic N) is 3. The van der Waals surface area contributed by atoms with E-state index in [-0.39, 0.29) is 34.8 Å². The predicted molar refractivity (Wildman–Crippen MR) is 114 cm³/mol. The summed E-state index contributed by atoms with van der Waals surface area (Å²) < 4.78 is 23.9. The number of carbonyl (C=O) groups is 2. The average Bonchev–Trinajstić information content (AvgIpc) is 2.76. The van der Waals surface area contributed by atoms with Crippen LogP contribution in [-0.2, 0) is 16.1 Å². The van der Waals surface area contributed by atoms with E-state index in [0.29, 0.717) is 38.3 Å². The van der Waals surface area contributed by atoms with Gasteiger partial charge in [-0.3, -0.25) is 9.69 Å². The highest BCUT2D eigenvalue weighted by atomic mass is 35.5. The van der Waals surface area contributed by atoms with Gasteiger partial charge in [0, 0.05) is 38.9 Å². The topological polar surface area (TPSA) is 72.0 Å². The summed E-state index contributed by atoms with van der Waals surface area (Å²) in [5.41, 5.74) is 2.71. The molecule has 2 aromatic rings. The normalized spacial score (nSPS) is 14.4. The SMILES string of the molecule is COC(=O)c1cc(Cl)cnc1OCC(=O)N1CCN(Cc2cc(C)c(F)cc2C)CC1. The Morgan fingerprint density at radius 3 is 2.52 bits per heavy atom. The number of benzene rings is 1. The van der Waals surface area contributed by atoms with Gasteiger partial charge in [-0.15, -0.1) is 0 Å². The number of piperazine rings is 1. The highest BCUT2D eigenvalue weighted by Gasteiger charge is 2.23. The minimum Gasteiger partial charge on any atom is -0.467 e. The third-order valence-electron chi connectivity index (χ3n) is 5.29. The smallest absolute Gasteiger partial charge is 0.343 e. The van der Waals surface area contributed by atoms with Crippen LogP contribution in [0.5, 0.6) is 5.88 Å². The quantitative estimate of drug-likeness (QED) is 0.631. The molecule has 1 amide bonds. The minimum atomic E-state index is -0.641. The summed E-state index contributed by atoms with van der Waals surface area (Å²) in [5.74, 6) is -1.02. The molecule has 9 heteroatoms. The Labute approximate surface area is 185 Å². The molecule has 0 radical (unpaired) electrons. The van der Waals surface area contributed by atoms with E-state index in [1.807, 2.05) is 13.0 Å². The molecule has 7 nitrogen and oxygen atoms in total. The van der Waals surface area contributed by atoms with E-state index in [0.717, 1.165) is 11.1 Å².